The molecular weight excluding hydrogens is 260 g/mol. The zero-order valence-electron chi connectivity index (χ0n) is 11.8. The number of piperazine rings is 1. The Bertz CT molecular complexity index is 451. The zero-order chi connectivity index (χ0) is 14.0. The van der Waals surface area contributed by atoms with Gasteiger partial charge in [-0.1, -0.05) is 23.7 Å². The minimum absolute atomic E-state index is 0.145. The van der Waals surface area contributed by atoms with Crippen LogP contribution >= 0.6 is 11.6 Å². The van der Waals surface area contributed by atoms with Crippen molar-refractivity contribution >= 4 is 17.4 Å². The molecule has 0 saturated carbocycles. The van der Waals surface area contributed by atoms with E-state index in [1.807, 2.05) is 12.1 Å². The van der Waals surface area contributed by atoms with Crippen LogP contribution in [0.2, 0.25) is 5.02 Å². The van der Waals surface area contributed by atoms with Gasteiger partial charge in [0.05, 0.1) is 6.54 Å². The summed E-state index contributed by atoms with van der Waals surface area (Å²) in [6.07, 6.45) is 0. The summed E-state index contributed by atoms with van der Waals surface area (Å²) in [7, 11) is 2.14. The summed E-state index contributed by atoms with van der Waals surface area (Å²) in [6, 6.07) is 8.15. The molecule has 19 heavy (non-hydrogen) atoms. The highest BCUT2D eigenvalue weighted by Crippen LogP contribution is 2.15. The first kappa shape index (κ1) is 14.5. The molecule has 1 aromatic rings. The quantitative estimate of drug-likeness (QED) is 0.795. The first-order valence-electron chi connectivity index (χ1n) is 6.70. The van der Waals surface area contributed by atoms with Crippen LogP contribution in [0.25, 0.3) is 0 Å². The number of carbonyl (C=O) groups is 1. The Hall–Kier alpha value is -0.900. The summed E-state index contributed by atoms with van der Waals surface area (Å²) in [4.78, 5) is 16.8. The predicted molar refractivity (Wildman–Crippen MR) is 78.9 cm³/mol. The van der Waals surface area contributed by atoms with Crippen LogP contribution in [0.1, 0.15) is 24.2 Å². The third-order valence-electron chi connectivity index (χ3n) is 3.95. The fourth-order valence-electron chi connectivity index (χ4n) is 2.60. The van der Waals surface area contributed by atoms with Gasteiger partial charge in [-0.15, -0.1) is 0 Å². The van der Waals surface area contributed by atoms with Crippen LogP contribution in [0.5, 0.6) is 0 Å². The second kappa shape index (κ2) is 6.04. The van der Waals surface area contributed by atoms with Crippen molar-refractivity contribution in [3.63, 3.8) is 0 Å². The van der Waals surface area contributed by atoms with Crippen LogP contribution in [0, 0.1) is 0 Å². The Balaban J connectivity index is 2.00. The summed E-state index contributed by atoms with van der Waals surface area (Å²) in [5.74, 6) is 0.145. The van der Waals surface area contributed by atoms with Crippen LogP contribution in [-0.4, -0.2) is 54.3 Å². The van der Waals surface area contributed by atoms with Gasteiger partial charge in [0.2, 0.25) is 0 Å². The van der Waals surface area contributed by atoms with Gasteiger partial charge in [0.25, 0.3) is 0 Å². The molecule has 0 aliphatic carbocycles. The molecule has 0 aromatic heterocycles. The molecule has 2 atom stereocenters. The van der Waals surface area contributed by atoms with E-state index in [1.165, 1.54) is 0 Å². The molecule has 1 aliphatic rings. The van der Waals surface area contributed by atoms with E-state index >= 15 is 0 Å². The number of hydrogen-bond donors (Lipinski definition) is 0. The molecule has 0 bridgehead atoms. The van der Waals surface area contributed by atoms with Gasteiger partial charge in [-0.05, 0) is 33.0 Å². The fraction of sp³-hybridized carbons (Fsp3) is 0.533. The van der Waals surface area contributed by atoms with Crippen molar-refractivity contribution < 1.29 is 4.79 Å². The normalized spacial score (nSPS) is 25.5. The van der Waals surface area contributed by atoms with E-state index < -0.39 is 0 Å². The number of halogens is 1. The second-order valence-electron chi connectivity index (χ2n) is 5.49. The van der Waals surface area contributed by atoms with Crippen LogP contribution in [0.15, 0.2) is 24.3 Å². The smallest absolute Gasteiger partial charge is 0.176 e. The lowest BCUT2D eigenvalue weighted by Gasteiger charge is -2.42. The van der Waals surface area contributed by atoms with E-state index in [4.69, 9.17) is 11.6 Å². The average Bonchev–Trinajstić information content (AvgIpc) is 2.36. The summed E-state index contributed by atoms with van der Waals surface area (Å²) >= 11 is 5.92. The van der Waals surface area contributed by atoms with Gasteiger partial charge in [-0.2, -0.15) is 0 Å². The number of hydrogen-bond acceptors (Lipinski definition) is 3. The van der Waals surface area contributed by atoms with Gasteiger partial charge < -0.3 is 0 Å². The molecule has 1 heterocycles. The zero-order valence-corrected chi connectivity index (χ0v) is 12.5. The molecular formula is C15H21ClN2O. The molecule has 0 N–H and O–H groups in total. The lowest BCUT2D eigenvalue weighted by atomic mass is 10.1. The number of likely N-dealkylation sites (N-methyl/N-ethyl adjacent to an activating group) is 1. The van der Waals surface area contributed by atoms with Crippen LogP contribution in [0.3, 0.4) is 0 Å². The third-order valence-corrected chi connectivity index (χ3v) is 4.18. The maximum atomic E-state index is 12.2. The molecule has 0 radical (unpaired) electrons. The van der Waals surface area contributed by atoms with Gasteiger partial charge in [0.1, 0.15) is 0 Å². The highest BCUT2D eigenvalue weighted by atomic mass is 35.5. The molecule has 1 fully saturated rings. The SMILES string of the molecule is CC1CN(CC(=O)c2cccc(Cl)c2)CC(C)N1C. The lowest BCUT2D eigenvalue weighted by molar-refractivity contribution is 0.0549. The Labute approximate surface area is 120 Å². The van der Waals surface area contributed by atoms with Crippen molar-refractivity contribution in [2.75, 3.05) is 26.7 Å². The number of rotatable bonds is 3. The van der Waals surface area contributed by atoms with Gasteiger partial charge in [0.15, 0.2) is 5.78 Å². The molecule has 4 heteroatoms. The number of benzene rings is 1. The highest BCUT2D eigenvalue weighted by Gasteiger charge is 2.27. The molecule has 0 spiro atoms. The molecule has 1 saturated heterocycles. The molecule has 2 unspecified atom stereocenters. The monoisotopic (exact) mass is 280 g/mol. The number of Topliss-reactive ketones (excluding diaryl/α,β-unsaturated/α-hetero) is 1. The summed E-state index contributed by atoms with van der Waals surface area (Å²) in [5, 5.41) is 0.617. The minimum Gasteiger partial charge on any atom is -0.298 e. The molecule has 0 amide bonds. The highest BCUT2D eigenvalue weighted by molar-refractivity contribution is 6.31. The van der Waals surface area contributed by atoms with E-state index in [1.54, 1.807) is 12.1 Å². The molecule has 3 nitrogen and oxygen atoms in total. The van der Waals surface area contributed by atoms with Gasteiger partial charge in [-0.25, -0.2) is 0 Å². The third kappa shape index (κ3) is 3.56. The molecule has 104 valence electrons. The number of carbonyl (C=O) groups excluding carboxylic acids is 1. The van der Waals surface area contributed by atoms with E-state index in [-0.39, 0.29) is 5.78 Å². The standard InChI is InChI=1S/C15H21ClN2O/c1-11-8-18(9-12(2)17(11)3)10-15(19)13-5-4-6-14(16)7-13/h4-7,11-12H,8-10H2,1-3H3. The lowest BCUT2D eigenvalue weighted by Crippen LogP contribution is -2.55. The first-order chi connectivity index (χ1) is 8.97. The summed E-state index contributed by atoms with van der Waals surface area (Å²) < 4.78 is 0. The Morgan fingerprint density at radius 3 is 2.53 bits per heavy atom. The summed E-state index contributed by atoms with van der Waals surface area (Å²) in [6.45, 7) is 6.75. The van der Waals surface area contributed by atoms with E-state index in [9.17, 15) is 4.79 Å². The summed E-state index contributed by atoms with van der Waals surface area (Å²) in [5.41, 5.74) is 0.701. The Morgan fingerprint density at radius 2 is 1.95 bits per heavy atom. The van der Waals surface area contributed by atoms with Crippen LogP contribution < -0.4 is 0 Å². The average molecular weight is 281 g/mol. The Kier molecular flexibility index (Phi) is 4.61. The topological polar surface area (TPSA) is 23.6 Å². The van der Waals surface area contributed by atoms with Gasteiger partial charge >= 0.3 is 0 Å². The molecule has 2 rings (SSSR count). The fourth-order valence-corrected chi connectivity index (χ4v) is 2.79. The van der Waals surface area contributed by atoms with Crippen molar-refractivity contribution in [1.82, 2.24) is 9.80 Å². The maximum Gasteiger partial charge on any atom is 0.176 e. The predicted octanol–water partition coefficient (Wildman–Crippen LogP) is 2.55. The second-order valence-corrected chi connectivity index (χ2v) is 5.93. The van der Waals surface area contributed by atoms with Crippen LogP contribution in [0.4, 0.5) is 0 Å². The van der Waals surface area contributed by atoms with E-state index in [2.05, 4.69) is 30.7 Å². The van der Waals surface area contributed by atoms with Gasteiger partial charge in [-0.3, -0.25) is 14.6 Å². The number of ketones is 1. The molecule has 1 aliphatic heterocycles. The Morgan fingerprint density at radius 1 is 1.32 bits per heavy atom. The maximum absolute atomic E-state index is 12.2. The molecule has 1 aromatic carbocycles. The van der Waals surface area contributed by atoms with Crippen molar-refractivity contribution in [3.05, 3.63) is 34.9 Å². The van der Waals surface area contributed by atoms with Crippen molar-refractivity contribution in [2.45, 2.75) is 25.9 Å². The van der Waals surface area contributed by atoms with Crippen molar-refractivity contribution in [1.29, 1.82) is 0 Å². The largest absolute Gasteiger partial charge is 0.298 e. The first-order valence-corrected chi connectivity index (χ1v) is 7.08. The van der Waals surface area contributed by atoms with Crippen LogP contribution in [-0.2, 0) is 0 Å². The van der Waals surface area contributed by atoms with E-state index in [0.717, 1.165) is 13.1 Å². The van der Waals surface area contributed by atoms with Crippen molar-refractivity contribution in [2.24, 2.45) is 0 Å². The minimum atomic E-state index is 0.145. The number of nitrogens with zero attached hydrogens (tertiary/aromatic N) is 2. The van der Waals surface area contributed by atoms with Gasteiger partial charge in [0, 0.05) is 35.8 Å². The van der Waals surface area contributed by atoms with Crippen molar-refractivity contribution in [3.8, 4) is 0 Å². The van der Waals surface area contributed by atoms with E-state index in [0.29, 0.717) is 29.2 Å².